The molecule has 0 fully saturated rings. The Balaban J connectivity index is 2.01. The number of hydrogen-bond donors (Lipinski definition) is 1. The minimum atomic E-state index is -1.04. The maximum atomic E-state index is 10.9. The van der Waals surface area contributed by atoms with E-state index in [2.05, 4.69) is 20.5 Å². The minimum absolute atomic E-state index is 0.0184. The first-order chi connectivity index (χ1) is 9.56. The summed E-state index contributed by atoms with van der Waals surface area (Å²) >= 11 is 3.52. The van der Waals surface area contributed by atoms with Crippen molar-refractivity contribution in [3.05, 3.63) is 58.1 Å². The van der Waals surface area contributed by atoms with E-state index >= 15 is 0 Å². The van der Waals surface area contributed by atoms with Crippen molar-refractivity contribution in [2.24, 2.45) is 0 Å². The average Bonchev–Trinajstić information content (AvgIpc) is 2.97. The van der Waals surface area contributed by atoms with E-state index in [0.29, 0.717) is 12.3 Å². The highest BCUT2D eigenvalue weighted by molar-refractivity contribution is 9.10. The molecule has 0 radical (unpaired) electrons. The molecule has 5 heteroatoms. The Morgan fingerprint density at radius 1 is 1.40 bits per heavy atom. The van der Waals surface area contributed by atoms with Crippen LogP contribution in [0.15, 0.2) is 45.4 Å². The average molecular weight is 334 g/mol. The number of carboxylic acids is 1. The SMILES string of the molecule is Cc1oc(C(=O)O)cc1Cn1ccc2c(Br)cccc21. The second-order valence-corrected chi connectivity index (χ2v) is 5.47. The third kappa shape index (κ3) is 2.14. The van der Waals surface area contributed by atoms with Crippen LogP contribution >= 0.6 is 15.9 Å². The molecule has 20 heavy (non-hydrogen) atoms. The molecule has 102 valence electrons. The number of furan rings is 1. The second kappa shape index (κ2) is 4.83. The summed E-state index contributed by atoms with van der Waals surface area (Å²) in [6.07, 6.45) is 1.99. The summed E-state index contributed by atoms with van der Waals surface area (Å²) < 4.78 is 8.36. The molecule has 3 rings (SSSR count). The predicted octanol–water partition coefficient (Wildman–Crippen LogP) is 4.05. The van der Waals surface area contributed by atoms with Gasteiger partial charge >= 0.3 is 5.97 Å². The van der Waals surface area contributed by atoms with Gasteiger partial charge in [-0.2, -0.15) is 0 Å². The van der Waals surface area contributed by atoms with E-state index in [1.807, 2.05) is 30.5 Å². The van der Waals surface area contributed by atoms with Crippen LogP contribution in [-0.2, 0) is 6.54 Å². The fourth-order valence-corrected chi connectivity index (χ4v) is 2.78. The molecule has 1 N–H and O–H groups in total. The van der Waals surface area contributed by atoms with Crippen molar-refractivity contribution in [3.63, 3.8) is 0 Å². The molecule has 0 aliphatic carbocycles. The lowest BCUT2D eigenvalue weighted by molar-refractivity contribution is 0.0661. The van der Waals surface area contributed by atoms with Crippen LogP contribution in [0.4, 0.5) is 0 Å². The molecule has 0 spiro atoms. The molecule has 0 saturated heterocycles. The molecular formula is C15H12BrNO3. The lowest BCUT2D eigenvalue weighted by Gasteiger charge is -2.04. The second-order valence-electron chi connectivity index (χ2n) is 4.61. The molecule has 3 aromatic rings. The van der Waals surface area contributed by atoms with Gasteiger partial charge < -0.3 is 14.1 Å². The minimum Gasteiger partial charge on any atom is -0.475 e. The summed E-state index contributed by atoms with van der Waals surface area (Å²) in [6.45, 7) is 2.37. The van der Waals surface area contributed by atoms with Crippen LogP contribution in [0.2, 0.25) is 0 Å². The van der Waals surface area contributed by atoms with Crippen molar-refractivity contribution in [1.29, 1.82) is 0 Å². The Morgan fingerprint density at radius 3 is 2.90 bits per heavy atom. The van der Waals surface area contributed by atoms with Gasteiger partial charge in [0.2, 0.25) is 5.76 Å². The fourth-order valence-electron chi connectivity index (χ4n) is 2.29. The van der Waals surface area contributed by atoms with Gasteiger partial charge in [-0.25, -0.2) is 4.79 Å². The van der Waals surface area contributed by atoms with E-state index in [4.69, 9.17) is 9.52 Å². The monoisotopic (exact) mass is 333 g/mol. The van der Waals surface area contributed by atoms with Gasteiger partial charge in [-0.3, -0.25) is 0 Å². The molecule has 0 amide bonds. The van der Waals surface area contributed by atoms with E-state index in [1.54, 1.807) is 13.0 Å². The van der Waals surface area contributed by atoms with Crippen molar-refractivity contribution < 1.29 is 14.3 Å². The summed E-state index contributed by atoms with van der Waals surface area (Å²) in [6, 6.07) is 9.63. The van der Waals surface area contributed by atoms with Crippen molar-refractivity contribution in [2.45, 2.75) is 13.5 Å². The molecular weight excluding hydrogens is 322 g/mol. The van der Waals surface area contributed by atoms with Crippen molar-refractivity contribution in [2.75, 3.05) is 0 Å². The maximum Gasteiger partial charge on any atom is 0.371 e. The quantitative estimate of drug-likeness (QED) is 0.786. The van der Waals surface area contributed by atoms with Crippen LogP contribution in [0, 0.1) is 6.92 Å². The van der Waals surface area contributed by atoms with Crippen molar-refractivity contribution in [1.82, 2.24) is 4.57 Å². The van der Waals surface area contributed by atoms with Gasteiger partial charge in [-0.15, -0.1) is 0 Å². The third-order valence-corrected chi connectivity index (χ3v) is 4.02. The topological polar surface area (TPSA) is 55.4 Å². The largest absolute Gasteiger partial charge is 0.475 e. The highest BCUT2D eigenvalue weighted by atomic mass is 79.9. The summed E-state index contributed by atoms with van der Waals surface area (Å²) in [5.74, 6) is -0.422. The zero-order chi connectivity index (χ0) is 14.3. The zero-order valence-electron chi connectivity index (χ0n) is 10.8. The smallest absolute Gasteiger partial charge is 0.371 e. The number of carboxylic acid groups (broad SMARTS) is 1. The van der Waals surface area contributed by atoms with Gasteiger partial charge in [0.25, 0.3) is 0 Å². The predicted molar refractivity (Wildman–Crippen MR) is 79.1 cm³/mol. The number of fused-ring (bicyclic) bond motifs is 1. The Kier molecular flexibility index (Phi) is 3.14. The highest BCUT2D eigenvalue weighted by Crippen LogP contribution is 2.26. The summed E-state index contributed by atoms with van der Waals surface area (Å²) in [5.41, 5.74) is 1.97. The molecule has 2 heterocycles. The van der Waals surface area contributed by atoms with Gasteiger partial charge in [0.15, 0.2) is 0 Å². The number of aromatic nitrogens is 1. The summed E-state index contributed by atoms with van der Waals surface area (Å²) in [4.78, 5) is 10.9. The standard InChI is InChI=1S/C15H12BrNO3/c1-9-10(7-14(20-9)15(18)19)8-17-6-5-11-12(16)3-2-4-13(11)17/h2-7H,8H2,1H3,(H,18,19). The van der Waals surface area contributed by atoms with E-state index in [1.165, 1.54) is 0 Å². The van der Waals surface area contributed by atoms with Gasteiger partial charge in [0.1, 0.15) is 5.76 Å². The number of nitrogens with zero attached hydrogens (tertiary/aromatic N) is 1. The van der Waals surface area contributed by atoms with Gasteiger partial charge in [-0.1, -0.05) is 22.0 Å². The first-order valence-electron chi connectivity index (χ1n) is 6.12. The van der Waals surface area contributed by atoms with Crippen LogP contribution in [0.1, 0.15) is 21.9 Å². The van der Waals surface area contributed by atoms with Gasteiger partial charge in [0, 0.05) is 27.1 Å². The first-order valence-corrected chi connectivity index (χ1v) is 6.91. The fraction of sp³-hybridized carbons (Fsp3) is 0.133. The molecule has 0 aliphatic rings. The zero-order valence-corrected chi connectivity index (χ0v) is 12.3. The normalized spacial score (nSPS) is 11.1. The van der Waals surface area contributed by atoms with Gasteiger partial charge in [0.05, 0.1) is 6.54 Å². The number of aryl methyl sites for hydroxylation is 1. The van der Waals surface area contributed by atoms with Crippen LogP contribution in [-0.4, -0.2) is 15.6 Å². The van der Waals surface area contributed by atoms with E-state index in [0.717, 1.165) is 20.9 Å². The van der Waals surface area contributed by atoms with Crippen molar-refractivity contribution in [3.8, 4) is 0 Å². The van der Waals surface area contributed by atoms with Crippen LogP contribution < -0.4 is 0 Å². The number of benzene rings is 1. The Hall–Kier alpha value is -2.01. The van der Waals surface area contributed by atoms with E-state index < -0.39 is 5.97 Å². The molecule has 2 aromatic heterocycles. The van der Waals surface area contributed by atoms with Crippen LogP contribution in [0.3, 0.4) is 0 Å². The lowest BCUT2D eigenvalue weighted by atomic mass is 10.2. The van der Waals surface area contributed by atoms with Crippen LogP contribution in [0.25, 0.3) is 10.9 Å². The number of aromatic carboxylic acids is 1. The van der Waals surface area contributed by atoms with Crippen LogP contribution in [0.5, 0.6) is 0 Å². The molecule has 4 nitrogen and oxygen atoms in total. The third-order valence-electron chi connectivity index (χ3n) is 3.33. The number of hydrogen-bond acceptors (Lipinski definition) is 2. The summed E-state index contributed by atoms with van der Waals surface area (Å²) in [5, 5.41) is 10.1. The van der Waals surface area contributed by atoms with E-state index in [9.17, 15) is 4.79 Å². The molecule has 0 aliphatic heterocycles. The Morgan fingerprint density at radius 2 is 2.20 bits per heavy atom. The van der Waals surface area contributed by atoms with E-state index in [-0.39, 0.29) is 5.76 Å². The lowest BCUT2D eigenvalue weighted by Crippen LogP contribution is -1.98. The number of carbonyl (C=O) groups is 1. The number of halogens is 1. The molecule has 0 saturated carbocycles. The maximum absolute atomic E-state index is 10.9. The Labute approximate surface area is 123 Å². The molecule has 1 aromatic carbocycles. The first kappa shape index (κ1) is 13.0. The number of rotatable bonds is 3. The Bertz CT molecular complexity index is 801. The van der Waals surface area contributed by atoms with Crippen molar-refractivity contribution >= 4 is 32.8 Å². The molecule has 0 unspecified atom stereocenters. The van der Waals surface area contributed by atoms with Gasteiger partial charge in [-0.05, 0) is 31.2 Å². The molecule has 0 atom stereocenters. The summed E-state index contributed by atoms with van der Waals surface area (Å²) in [7, 11) is 0. The highest BCUT2D eigenvalue weighted by Gasteiger charge is 2.14. The molecule has 0 bridgehead atoms.